The smallest absolute Gasteiger partial charge is 0.125 e. The summed E-state index contributed by atoms with van der Waals surface area (Å²) in [5.74, 6) is 1.36. The highest BCUT2D eigenvalue weighted by Crippen LogP contribution is 2.24. The average Bonchev–Trinajstić information content (AvgIpc) is 2.19. The van der Waals surface area contributed by atoms with Crippen molar-refractivity contribution in [3.05, 3.63) is 30.4 Å². The van der Waals surface area contributed by atoms with Crippen molar-refractivity contribution in [2.45, 2.75) is 6.92 Å². The van der Waals surface area contributed by atoms with Crippen LogP contribution < -0.4 is 9.47 Å². The fourth-order valence-electron chi connectivity index (χ4n) is 1.04. The summed E-state index contributed by atoms with van der Waals surface area (Å²) in [4.78, 5) is 0. The van der Waals surface area contributed by atoms with Crippen LogP contribution in [0.1, 0.15) is 12.5 Å². The molecule has 0 atom stereocenters. The number of aliphatic hydroxyl groups excluding tert-OH is 1. The van der Waals surface area contributed by atoms with Crippen molar-refractivity contribution < 1.29 is 14.6 Å². The zero-order valence-corrected chi connectivity index (χ0v) is 7.78. The van der Waals surface area contributed by atoms with Gasteiger partial charge in [-0.25, -0.2) is 0 Å². The first-order valence-electron chi connectivity index (χ1n) is 4.10. The number of hydrogen-bond acceptors (Lipinski definition) is 3. The first-order valence-corrected chi connectivity index (χ1v) is 4.10. The van der Waals surface area contributed by atoms with E-state index in [4.69, 9.17) is 14.6 Å². The van der Waals surface area contributed by atoms with Crippen molar-refractivity contribution in [1.82, 2.24) is 0 Å². The van der Waals surface area contributed by atoms with Crippen LogP contribution in [0.2, 0.25) is 0 Å². The first kappa shape index (κ1) is 9.86. The Balaban J connectivity index is 2.93. The summed E-state index contributed by atoms with van der Waals surface area (Å²) in [6.07, 6.45) is 0. The fraction of sp³-hybridized carbons (Fsp3) is 0.300. The zero-order valence-electron chi connectivity index (χ0n) is 7.78. The standard InChI is InChI=1S/C10H13O3/c1-3-13-10-5-4-9(12-2)6-8(10)7-11/h4-7,11H,3H2,1-2H3. The maximum atomic E-state index is 8.90. The molecule has 0 unspecified atom stereocenters. The zero-order chi connectivity index (χ0) is 9.68. The number of benzene rings is 1. The van der Waals surface area contributed by atoms with Crippen molar-refractivity contribution in [2.75, 3.05) is 13.7 Å². The second-order valence-corrected chi connectivity index (χ2v) is 2.47. The largest absolute Gasteiger partial charge is 0.497 e. The van der Waals surface area contributed by atoms with Crippen LogP contribution in [0.3, 0.4) is 0 Å². The van der Waals surface area contributed by atoms with Gasteiger partial charge in [0.05, 0.1) is 13.7 Å². The van der Waals surface area contributed by atoms with Gasteiger partial charge in [-0.3, -0.25) is 0 Å². The van der Waals surface area contributed by atoms with Gasteiger partial charge in [-0.05, 0) is 25.1 Å². The Hall–Kier alpha value is -1.22. The van der Waals surface area contributed by atoms with Crippen molar-refractivity contribution in [2.24, 2.45) is 0 Å². The van der Waals surface area contributed by atoms with Gasteiger partial charge in [-0.2, -0.15) is 0 Å². The van der Waals surface area contributed by atoms with Gasteiger partial charge in [-0.1, -0.05) is 0 Å². The van der Waals surface area contributed by atoms with Crippen LogP contribution in [0, 0.1) is 6.61 Å². The Morgan fingerprint density at radius 3 is 2.77 bits per heavy atom. The second kappa shape index (κ2) is 4.72. The molecule has 0 heterocycles. The monoisotopic (exact) mass is 181 g/mol. The van der Waals surface area contributed by atoms with Crippen LogP contribution in [0.15, 0.2) is 18.2 Å². The van der Waals surface area contributed by atoms with Gasteiger partial charge in [-0.15, -0.1) is 0 Å². The van der Waals surface area contributed by atoms with Gasteiger partial charge >= 0.3 is 0 Å². The van der Waals surface area contributed by atoms with Crippen LogP contribution in [0.4, 0.5) is 0 Å². The van der Waals surface area contributed by atoms with Gasteiger partial charge in [0.1, 0.15) is 18.1 Å². The molecule has 0 aliphatic heterocycles. The minimum Gasteiger partial charge on any atom is -0.497 e. The molecule has 1 N–H and O–H groups in total. The van der Waals surface area contributed by atoms with Crippen LogP contribution >= 0.6 is 0 Å². The second-order valence-electron chi connectivity index (χ2n) is 2.47. The molecule has 0 aromatic heterocycles. The molecule has 0 spiro atoms. The summed E-state index contributed by atoms with van der Waals surface area (Å²) in [7, 11) is 1.58. The highest BCUT2D eigenvalue weighted by atomic mass is 16.5. The lowest BCUT2D eigenvalue weighted by molar-refractivity contribution is 0.328. The van der Waals surface area contributed by atoms with Gasteiger partial charge in [0.2, 0.25) is 0 Å². The van der Waals surface area contributed by atoms with E-state index in [1.807, 2.05) is 6.92 Å². The molecule has 0 aliphatic rings. The molecule has 3 heteroatoms. The van der Waals surface area contributed by atoms with Gasteiger partial charge < -0.3 is 14.6 Å². The van der Waals surface area contributed by atoms with Gasteiger partial charge in [0.15, 0.2) is 0 Å². The lowest BCUT2D eigenvalue weighted by atomic mass is 10.2. The Kier molecular flexibility index (Phi) is 3.58. The summed E-state index contributed by atoms with van der Waals surface area (Å²) >= 11 is 0. The normalized spacial score (nSPS) is 9.77. The minimum atomic E-state index is 0.577. The Morgan fingerprint density at radius 1 is 1.46 bits per heavy atom. The number of hydrogen-bond donors (Lipinski definition) is 1. The number of aliphatic hydroxyl groups is 1. The van der Waals surface area contributed by atoms with E-state index in [9.17, 15) is 0 Å². The molecule has 0 aliphatic carbocycles. The highest BCUT2D eigenvalue weighted by molar-refractivity contribution is 5.43. The SMILES string of the molecule is CCOc1ccc(OC)cc1[CH]O. The molecule has 13 heavy (non-hydrogen) atoms. The highest BCUT2D eigenvalue weighted by Gasteiger charge is 2.03. The predicted molar refractivity (Wildman–Crippen MR) is 49.5 cm³/mol. The maximum Gasteiger partial charge on any atom is 0.125 e. The van der Waals surface area contributed by atoms with Crippen LogP contribution in [-0.2, 0) is 0 Å². The summed E-state index contributed by atoms with van der Waals surface area (Å²) in [5.41, 5.74) is 0.626. The number of methoxy groups -OCH3 is 1. The molecule has 1 aromatic rings. The number of ether oxygens (including phenoxy) is 2. The van der Waals surface area contributed by atoms with E-state index in [1.54, 1.807) is 25.3 Å². The minimum absolute atomic E-state index is 0.577. The molecular weight excluding hydrogens is 168 g/mol. The van der Waals surface area contributed by atoms with Crippen LogP contribution in [0.25, 0.3) is 0 Å². The quantitative estimate of drug-likeness (QED) is 0.771. The van der Waals surface area contributed by atoms with Crippen LogP contribution in [0.5, 0.6) is 11.5 Å². The van der Waals surface area contributed by atoms with E-state index < -0.39 is 0 Å². The topological polar surface area (TPSA) is 38.7 Å². The molecule has 1 rings (SSSR count). The van der Waals surface area contributed by atoms with E-state index in [-0.39, 0.29) is 0 Å². The third-order valence-electron chi connectivity index (χ3n) is 1.66. The molecule has 1 aromatic carbocycles. The molecule has 0 amide bonds. The molecule has 0 fully saturated rings. The number of rotatable bonds is 4. The lowest BCUT2D eigenvalue weighted by Gasteiger charge is -2.09. The summed E-state index contributed by atoms with van der Waals surface area (Å²) in [6, 6.07) is 5.27. The first-order chi connectivity index (χ1) is 6.31. The van der Waals surface area contributed by atoms with Crippen LogP contribution in [-0.4, -0.2) is 18.8 Å². The Morgan fingerprint density at radius 2 is 2.23 bits per heavy atom. The van der Waals surface area contributed by atoms with Crippen molar-refractivity contribution in [3.63, 3.8) is 0 Å². The third-order valence-corrected chi connectivity index (χ3v) is 1.66. The molecule has 0 bridgehead atoms. The van der Waals surface area contributed by atoms with Crippen molar-refractivity contribution >= 4 is 0 Å². The summed E-state index contributed by atoms with van der Waals surface area (Å²) < 4.78 is 10.3. The van der Waals surface area contributed by atoms with Gasteiger partial charge in [0, 0.05) is 5.56 Å². The molecule has 0 saturated heterocycles. The van der Waals surface area contributed by atoms with E-state index in [0.717, 1.165) is 6.61 Å². The van der Waals surface area contributed by atoms with E-state index >= 15 is 0 Å². The summed E-state index contributed by atoms with van der Waals surface area (Å²) in [6.45, 7) is 3.48. The van der Waals surface area contributed by atoms with E-state index in [2.05, 4.69) is 0 Å². The summed E-state index contributed by atoms with van der Waals surface area (Å²) in [5, 5.41) is 8.90. The predicted octanol–water partition coefficient (Wildman–Crippen LogP) is 1.98. The average molecular weight is 181 g/mol. The molecule has 71 valence electrons. The Bertz CT molecular complexity index is 271. The molecule has 1 radical (unpaired) electrons. The third kappa shape index (κ3) is 2.36. The van der Waals surface area contributed by atoms with Gasteiger partial charge in [0.25, 0.3) is 0 Å². The van der Waals surface area contributed by atoms with Crippen molar-refractivity contribution in [3.8, 4) is 11.5 Å². The fourth-order valence-corrected chi connectivity index (χ4v) is 1.04. The molecule has 3 nitrogen and oxygen atoms in total. The maximum absolute atomic E-state index is 8.90. The van der Waals surface area contributed by atoms with E-state index in [0.29, 0.717) is 23.7 Å². The Labute approximate surface area is 77.9 Å². The lowest BCUT2D eigenvalue weighted by Crippen LogP contribution is -1.96. The van der Waals surface area contributed by atoms with E-state index in [1.165, 1.54) is 0 Å². The molecular formula is C10H13O3. The molecule has 0 saturated carbocycles. The van der Waals surface area contributed by atoms with Crippen molar-refractivity contribution in [1.29, 1.82) is 0 Å².